The fraction of sp³-hybridized carbons (Fsp3) is 0.500. The van der Waals surface area contributed by atoms with Gasteiger partial charge in [0, 0.05) is 13.1 Å². The summed E-state index contributed by atoms with van der Waals surface area (Å²) in [6.45, 7) is 9.86. The summed E-state index contributed by atoms with van der Waals surface area (Å²) in [5.41, 5.74) is 0.763. The number of benzene rings is 1. The predicted molar refractivity (Wildman–Crippen MR) is 98.4 cm³/mol. The second-order valence-corrected chi connectivity index (χ2v) is 14.0. The van der Waals surface area contributed by atoms with Crippen molar-refractivity contribution in [2.45, 2.75) is 24.8 Å². The average molecular weight is 367 g/mol. The van der Waals surface area contributed by atoms with E-state index in [-0.39, 0.29) is 5.82 Å². The summed E-state index contributed by atoms with van der Waals surface area (Å²) in [5.74, 6) is 0.511. The molecule has 1 fully saturated rings. The number of aromatic nitrogens is 3. The van der Waals surface area contributed by atoms with Gasteiger partial charge in [-0.2, -0.15) is 0 Å². The SMILES string of the molecule is C[Si](C)(C)CSc1nnc(N2CCOCC2)n1-c1cccc(F)c1. The van der Waals surface area contributed by atoms with Gasteiger partial charge in [-0.05, 0) is 23.6 Å². The van der Waals surface area contributed by atoms with Gasteiger partial charge in [0.1, 0.15) is 5.82 Å². The van der Waals surface area contributed by atoms with Crippen molar-refractivity contribution in [3.63, 3.8) is 0 Å². The molecule has 3 rings (SSSR count). The fourth-order valence-corrected chi connectivity index (χ4v) is 5.11. The summed E-state index contributed by atoms with van der Waals surface area (Å²) in [6, 6.07) is 6.61. The van der Waals surface area contributed by atoms with E-state index < -0.39 is 8.07 Å². The van der Waals surface area contributed by atoms with Crippen LogP contribution >= 0.6 is 11.8 Å². The summed E-state index contributed by atoms with van der Waals surface area (Å²) in [6.07, 6.45) is 0. The Hall–Kier alpha value is -1.38. The highest BCUT2D eigenvalue weighted by Crippen LogP contribution is 2.29. The molecule has 1 aliphatic heterocycles. The van der Waals surface area contributed by atoms with Crippen LogP contribution in [0, 0.1) is 5.82 Å². The standard InChI is InChI=1S/C16H23FN4OSSi/c1-24(2,3)12-23-16-19-18-15(20-7-9-22-10-8-20)21(16)14-6-4-5-13(17)11-14/h4-6,11H,7-10,12H2,1-3H3. The van der Waals surface area contributed by atoms with Crippen molar-refractivity contribution in [3.8, 4) is 5.69 Å². The molecule has 0 atom stereocenters. The largest absolute Gasteiger partial charge is 0.378 e. The van der Waals surface area contributed by atoms with Crippen LogP contribution in [0.4, 0.5) is 10.3 Å². The number of thioether (sulfide) groups is 1. The Morgan fingerprint density at radius 2 is 1.96 bits per heavy atom. The molecule has 2 aromatic rings. The van der Waals surface area contributed by atoms with Crippen molar-refractivity contribution in [1.82, 2.24) is 14.8 Å². The normalized spacial score (nSPS) is 15.8. The highest BCUT2D eigenvalue weighted by Gasteiger charge is 2.23. The number of rotatable bonds is 5. The molecule has 24 heavy (non-hydrogen) atoms. The third kappa shape index (κ3) is 4.17. The third-order valence-electron chi connectivity index (χ3n) is 3.61. The van der Waals surface area contributed by atoms with Gasteiger partial charge >= 0.3 is 0 Å². The topological polar surface area (TPSA) is 43.2 Å². The lowest BCUT2D eigenvalue weighted by atomic mass is 10.3. The van der Waals surface area contributed by atoms with Crippen LogP contribution in [0.1, 0.15) is 0 Å². The van der Waals surface area contributed by atoms with Gasteiger partial charge in [0.15, 0.2) is 5.16 Å². The van der Waals surface area contributed by atoms with Gasteiger partial charge in [-0.1, -0.05) is 37.5 Å². The number of hydrogen-bond donors (Lipinski definition) is 0. The minimum Gasteiger partial charge on any atom is -0.378 e. The van der Waals surface area contributed by atoms with Gasteiger partial charge in [-0.3, -0.25) is 4.57 Å². The van der Waals surface area contributed by atoms with E-state index in [1.54, 1.807) is 17.8 Å². The molecule has 1 aromatic carbocycles. The molecular weight excluding hydrogens is 343 g/mol. The summed E-state index contributed by atoms with van der Waals surface area (Å²) in [5, 5.41) is 10.7. The molecule has 1 saturated heterocycles. The summed E-state index contributed by atoms with van der Waals surface area (Å²) in [7, 11) is -1.23. The van der Waals surface area contributed by atoms with E-state index in [1.165, 1.54) is 12.1 Å². The van der Waals surface area contributed by atoms with Gasteiger partial charge in [0.05, 0.1) is 27.0 Å². The monoisotopic (exact) mass is 366 g/mol. The van der Waals surface area contributed by atoms with Crippen LogP contribution in [0.3, 0.4) is 0 Å². The van der Waals surface area contributed by atoms with Crippen LogP contribution in [0.2, 0.25) is 19.6 Å². The van der Waals surface area contributed by atoms with Crippen molar-refractivity contribution >= 4 is 25.8 Å². The quantitative estimate of drug-likeness (QED) is 0.600. The Balaban J connectivity index is 1.98. The number of ether oxygens (including phenoxy) is 1. The molecule has 0 N–H and O–H groups in total. The van der Waals surface area contributed by atoms with Gasteiger partial charge in [0.25, 0.3) is 0 Å². The van der Waals surface area contributed by atoms with Gasteiger partial charge < -0.3 is 9.64 Å². The number of hydrogen-bond acceptors (Lipinski definition) is 5. The van der Waals surface area contributed by atoms with E-state index in [0.29, 0.717) is 13.2 Å². The Kier molecular flexibility index (Phi) is 5.26. The molecule has 8 heteroatoms. The summed E-state index contributed by atoms with van der Waals surface area (Å²) < 4.78 is 21.1. The fourth-order valence-electron chi connectivity index (χ4n) is 2.45. The molecule has 0 spiro atoms. The average Bonchev–Trinajstić information content (AvgIpc) is 2.97. The maximum atomic E-state index is 13.8. The van der Waals surface area contributed by atoms with Crippen LogP contribution in [0.25, 0.3) is 5.69 Å². The van der Waals surface area contributed by atoms with Crippen LogP contribution in [0.15, 0.2) is 29.4 Å². The Morgan fingerprint density at radius 1 is 1.21 bits per heavy atom. The molecule has 1 aromatic heterocycles. The van der Waals surface area contributed by atoms with Gasteiger partial charge in [-0.15, -0.1) is 10.2 Å². The Morgan fingerprint density at radius 3 is 2.62 bits per heavy atom. The first kappa shape index (κ1) is 17.4. The van der Waals surface area contributed by atoms with Gasteiger partial charge in [0.2, 0.25) is 5.95 Å². The number of morpholine rings is 1. The molecule has 0 bridgehead atoms. The molecule has 2 heterocycles. The predicted octanol–water partition coefficient (Wildman–Crippen LogP) is 3.21. The molecule has 0 radical (unpaired) electrons. The van der Waals surface area contributed by atoms with Gasteiger partial charge in [-0.25, -0.2) is 4.39 Å². The lowest BCUT2D eigenvalue weighted by molar-refractivity contribution is 0.122. The Labute approximate surface area is 147 Å². The Bertz CT molecular complexity index is 698. The maximum Gasteiger partial charge on any atom is 0.232 e. The zero-order valence-corrected chi connectivity index (χ0v) is 16.1. The van der Waals surface area contributed by atoms with Crippen LogP contribution in [-0.4, -0.2) is 54.5 Å². The van der Waals surface area contributed by atoms with Crippen molar-refractivity contribution in [3.05, 3.63) is 30.1 Å². The van der Waals surface area contributed by atoms with Crippen molar-refractivity contribution in [2.24, 2.45) is 0 Å². The molecule has 0 amide bonds. The maximum absolute atomic E-state index is 13.8. The smallest absolute Gasteiger partial charge is 0.232 e. The summed E-state index contributed by atoms with van der Waals surface area (Å²) >= 11 is 1.71. The first-order valence-corrected chi connectivity index (χ1v) is 12.8. The molecule has 130 valence electrons. The van der Waals surface area contributed by atoms with E-state index in [0.717, 1.165) is 35.3 Å². The minimum absolute atomic E-state index is 0.254. The second kappa shape index (κ2) is 7.24. The number of halogens is 1. The van der Waals surface area contributed by atoms with E-state index in [1.807, 2.05) is 10.6 Å². The lowest BCUT2D eigenvalue weighted by Crippen LogP contribution is -2.38. The van der Waals surface area contributed by atoms with Crippen LogP contribution < -0.4 is 4.90 Å². The van der Waals surface area contributed by atoms with E-state index in [4.69, 9.17) is 4.74 Å². The molecular formula is C16H23FN4OSSi. The van der Waals surface area contributed by atoms with Crippen LogP contribution in [-0.2, 0) is 4.74 Å². The zero-order valence-electron chi connectivity index (χ0n) is 14.3. The molecule has 5 nitrogen and oxygen atoms in total. The number of anilines is 1. The number of nitrogens with zero attached hydrogens (tertiary/aromatic N) is 4. The highest BCUT2D eigenvalue weighted by molar-refractivity contribution is 8.00. The van der Waals surface area contributed by atoms with E-state index in [9.17, 15) is 4.39 Å². The lowest BCUT2D eigenvalue weighted by Gasteiger charge is -2.28. The second-order valence-electron chi connectivity index (χ2n) is 7.05. The molecule has 0 saturated carbocycles. The molecule has 0 aliphatic carbocycles. The van der Waals surface area contributed by atoms with E-state index >= 15 is 0 Å². The molecule has 0 unspecified atom stereocenters. The zero-order chi connectivity index (χ0) is 17.2. The summed E-state index contributed by atoms with van der Waals surface area (Å²) in [4.78, 5) is 2.15. The van der Waals surface area contributed by atoms with E-state index in [2.05, 4.69) is 34.7 Å². The first-order valence-electron chi connectivity index (χ1n) is 8.11. The van der Waals surface area contributed by atoms with Crippen LogP contribution in [0.5, 0.6) is 0 Å². The minimum atomic E-state index is -1.23. The molecule has 1 aliphatic rings. The van der Waals surface area contributed by atoms with Crippen molar-refractivity contribution in [2.75, 3.05) is 36.6 Å². The highest BCUT2D eigenvalue weighted by atomic mass is 32.2. The first-order chi connectivity index (χ1) is 11.4. The van der Waals surface area contributed by atoms with Crippen molar-refractivity contribution < 1.29 is 9.13 Å². The van der Waals surface area contributed by atoms with Crippen molar-refractivity contribution in [1.29, 1.82) is 0 Å². The third-order valence-corrected chi connectivity index (χ3v) is 8.17.